The highest BCUT2D eigenvalue weighted by Gasteiger charge is 2.36. The third-order valence-corrected chi connectivity index (χ3v) is 4.77. The second kappa shape index (κ2) is 7.64. The lowest BCUT2D eigenvalue weighted by molar-refractivity contribution is -0.138. The summed E-state index contributed by atoms with van der Waals surface area (Å²) >= 11 is 5.72. The number of amides is 1. The molecule has 1 heterocycles. The van der Waals surface area contributed by atoms with E-state index in [2.05, 4.69) is 0 Å². The fraction of sp³-hybridized carbons (Fsp3) is 0.588. The molecule has 0 N–H and O–H groups in total. The maximum Gasteiger partial charge on any atom is 0.418 e. The van der Waals surface area contributed by atoms with E-state index in [1.807, 2.05) is 13.8 Å². The molecule has 1 aliphatic rings. The molecule has 24 heavy (non-hydrogen) atoms. The second-order valence-electron chi connectivity index (χ2n) is 5.98. The molecule has 0 saturated carbocycles. The van der Waals surface area contributed by atoms with Crippen LogP contribution in [-0.4, -0.2) is 37.0 Å². The van der Waals surface area contributed by atoms with Crippen molar-refractivity contribution >= 4 is 23.2 Å². The molecule has 7 heteroatoms. The predicted octanol–water partition coefficient (Wildman–Crippen LogP) is 4.44. The SMILES string of the molecule is CCC(CC)C(=O)N1CCN(c2ccc(Cl)cc2C(F)(F)F)CC1. The Kier molecular flexibility index (Phi) is 6.01. The summed E-state index contributed by atoms with van der Waals surface area (Å²) in [5, 5.41) is 0.0635. The van der Waals surface area contributed by atoms with Gasteiger partial charge in [0.2, 0.25) is 5.91 Å². The van der Waals surface area contributed by atoms with Gasteiger partial charge in [-0.2, -0.15) is 13.2 Å². The van der Waals surface area contributed by atoms with Crippen molar-refractivity contribution in [2.75, 3.05) is 31.1 Å². The van der Waals surface area contributed by atoms with Crippen molar-refractivity contribution < 1.29 is 18.0 Å². The zero-order chi connectivity index (χ0) is 17.9. The molecule has 1 amide bonds. The number of nitrogens with zero attached hydrogens (tertiary/aromatic N) is 2. The van der Waals surface area contributed by atoms with Gasteiger partial charge in [0, 0.05) is 42.8 Å². The summed E-state index contributed by atoms with van der Waals surface area (Å²) in [4.78, 5) is 15.8. The number of rotatable bonds is 4. The van der Waals surface area contributed by atoms with Gasteiger partial charge < -0.3 is 9.80 Å². The van der Waals surface area contributed by atoms with Crippen LogP contribution in [0.2, 0.25) is 5.02 Å². The van der Waals surface area contributed by atoms with Crippen molar-refractivity contribution in [2.24, 2.45) is 5.92 Å². The summed E-state index contributed by atoms with van der Waals surface area (Å²) < 4.78 is 39.7. The van der Waals surface area contributed by atoms with Gasteiger partial charge in [0.1, 0.15) is 0 Å². The Hall–Kier alpha value is -1.43. The number of alkyl halides is 3. The molecule has 1 aromatic carbocycles. The minimum absolute atomic E-state index is 0.00202. The lowest BCUT2D eigenvalue weighted by Crippen LogP contribution is -2.50. The first-order valence-electron chi connectivity index (χ1n) is 8.18. The van der Waals surface area contributed by atoms with Crippen LogP contribution >= 0.6 is 11.6 Å². The van der Waals surface area contributed by atoms with E-state index in [-0.39, 0.29) is 22.5 Å². The number of carbonyl (C=O) groups is 1. The van der Waals surface area contributed by atoms with Crippen molar-refractivity contribution in [3.8, 4) is 0 Å². The fourth-order valence-electron chi connectivity index (χ4n) is 3.07. The first-order chi connectivity index (χ1) is 11.3. The molecule has 2 rings (SSSR count). The molecule has 1 aliphatic heterocycles. The maximum absolute atomic E-state index is 13.2. The number of halogens is 4. The average Bonchev–Trinajstić information content (AvgIpc) is 2.55. The standard InChI is InChI=1S/C17H22ClF3N2O/c1-3-12(4-2)16(24)23-9-7-22(8-10-23)15-6-5-13(18)11-14(15)17(19,20)21/h5-6,11-12H,3-4,7-10H2,1-2H3. The number of hydrogen-bond donors (Lipinski definition) is 0. The summed E-state index contributed by atoms with van der Waals surface area (Å²) in [6.07, 6.45) is -2.89. The highest BCUT2D eigenvalue weighted by Crippen LogP contribution is 2.38. The maximum atomic E-state index is 13.2. The molecular formula is C17H22ClF3N2O. The Morgan fingerprint density at radius 1 is 1.17 bits per heavy atom. The van der Waals surface area contributed by atoms with Crippen LogP contribution in [0, 0.1) is 5.92 Å². The zero-order valence-corrected chi connectivity index (χ0v) is 14.6. The van der Waals surface area contributed by atoms with Crippen molar-refractivity contribution in [1.82, 2.24) is 4.90 Å². The number of carbonyl (C=O) groups excluding carboxylic acids is 1. The van der Waals surface area contributed by atoms with Gasteiger partial charge in [-0.25, -0.2) is 0 Å². The van der Waals surface area contributed by atoms with Crippen LogP contribution in [0.3, 0.4) is 0 Å². The summed E-state index contributed by atoms with van der Waals surface area (Å²) in [6, 6.07) is 3.83. The molecular weight excluding hydrogens is 341 g/mol. The van der Waals surface area contributed by atoms with Gasteiger partial charge in [0.25, 0.3) is 0 Å². The first-order valence-corrected chi connectivity index (χ1v) is 8.56. The van der Waals surface area contributed by atoms with E-state index in [1.165, 1.54) is 12.1 Å². The Labute approximate surface area is 145 Å². The minimum atomic E-state index is -4.46. The molecule has 0 aromatic heterocycles. The van der Waals surface area contributed by atoms with E-state index < -0.39 is 11.7 Å². The molecule has 0 spiro atoms. The second-order valence-corrected chi connectivity index (χ2v) is 6.42. The minimum Gasteiger partial charge on any atom is -0.367 e. The van der Waals surface area contributed by atoms with Crippen molar-refractivity contribution in [3.63, 3.8) is 0 Å². The Morgan fingerprint density at radius 2 is 1.75 bits per heavy atom. The third kappa shape index (κ3) is 4.15. The normalized spacial score (nSPS) is 16.0. The van der Waals surface area contributed by atoms with Crippen LogP contribution in [0.25, 0.3) is 0 Å². The smallest absolute Gasteiger partial charge is 0.367 e. The van der Waals surface area contributed by atoms with Gasteiger partial charge in [-0.05, 0) is 31.0 Å². The molecule has 0 unspecified atom stereocenters. The van der Waals surface area contributed by atoms with Gasteiger partial charge in [0.05, 0.1) is 5.56 Å². The van der Waals surface area contributed by atoms with Crippen molar-refractivity contribution in [1.29, 1.82) is 0 Å². The van der Waals surface area contributed by atoms with Crippen LogP contribution in [0.5, 0.6) is 0 Å². The van der Waals surface area contributed by atoms with Crippen LogP contribution < -0.4 is 4.90 Å². The van der Waals surface area contributed by atoms with Crippen LogP contribution in [0.1, 0.15) is 32.3 Å². The van der Waals surface area contributed by atoms with Crippen LogP contribution in [0.15, 0.2) is 18.2 Å². The van der Waals surface area contributed by atoms with E-state index in [0.29, 0.717) is 26.2 Å². The summed E-state index contributed by atoms with van der Waals surface area (Å²) in [5.74, 6) is 0.101. The highest BCUT2D eigenvalue weighted by molar-refractivity contribution is 6.30. The van der Waals surface area contributed by atoms with Crippen LogP contribution in [-0.2, 0) is 11.0 Å². The van der Waals surface area contributed by atoms with E-state index >= 15 is 0 Å². The molecule has 1 fully saturated rings. The lowest BCUT2D eigenvalue weighted by atomic mass is 10.0. The topological polar surface area (TPSA) is 23.6 Å². The highest BCUT2D eigenvalue weighted by atomic mass is 35.5. The molecule has 0 aliphatic carbocycles. The summed E-state index contributed by atoms with van der Waals surface area (Å²) in [6.45, 7) is 5.61. The predicted molar refractivity (Wildman–Crippen MR) is 89.3 cm³/mol. The van der Waals surface area contributed by atoms with E-state index in [4.69, 9.17) is 11.6 Å². The quantitative estimate of drug-likeness (QED) is 0.790. The van der Waals surface area contributed by atoms with E-state index in [9.17, 15) is 18.0 Å². The van der Waals surface area contributed by atoms with Gasteiger partial charge in [0.15, 0.2) is 0 Å². The molecule has 134 valence electrons. The number of piperazine rings is 1. The summed E-state index contributed by atoms with van der Waals surface area (Å²) in [5.41, 5.74) is -0.601. The fourth-order valence-corrected chi connectivity index (χ4v) is 3.25. The molecule has 0 bridgehead atoms. The Balaban J connectivity index is 2.12. The van der Waals surface area contributed by atoms with E-state index in [1.54, 1.807) is 9.80 Å². The van der Waals surface area contributed by atoms with Gasteiger partial charge >= 0.3 is 6.18 Å². The lowest BCUT2D eigenvalue weighted by Gasteiger charge is -2.38. The van der Waals surface area contributed by atoms with Gasteiger partial charge in [-0.1, -0.05) is 25.4 Å². The zero-order valence-electron chi connectivity index (χ0n) is 13.9. The van der Waals surface area contributed by atoms with Crippen molar-refractivity contribution in [3.05, 3.63) is 28.8 Å². The van der Waals surface area contributed by atoms with Crippen molar-refractivity contribution in [2.45, 2.75) is 32.9 Å². The summed E-state index contributed by atoms with van der Waals surface area (Å²) in [7, 11) is 0. The monoisotopic (exact) mass is 362 g/mol. The molecule has 0 atom stereocenters. The first kappa shape index (κ1) is 18.9. The average molecular weight is 363 g/mol. The van der Waals surface area contributed by atoms with Gasteiger partial charge in [-0.3, -0.25) is 4.79 Å². The number of benzene rings is 1. The van der Waals surface area contributed by atoms with Crippen LogP contribution in [0.4, 0.5) is 18.9 Å². The number of anilines is 1. The third-order valence-electron chi connectivity index (χ3n) is 4.53. The molecule has 0 radical (unpaired) electrons. The number of hydrogen-bond acceptors (Lipinski definition) is 2. The Bertz CT molecular complexity index is 580. The molecule has 1 saturated heterocycles. The van der Waals surface area contributed by atoms with E-state index in [0.717, 1.165) is 18.9 Å². The Morgan fingerprint density at radius 3 is 2.25 bits per heavy atom. The largest absolute Gasteiger partial charge is 0.418 e. The molecule has 3 nitrogen and oxygen atoms in total. The molecule has 1 aromatic rings. The van der Waals surface area contributed by atoms with Gasteiger partial charge in [-0.15, -0.1) is 0 Å².